The maximum atomic E-state index is 10.9. The number of hydrogen-bond donors (Lipinski definition) is 0. The zero-order valence-corrected chi connectivity index (χ0v) is 15.9. The van der Waals surface area contributed by atoms with Crippen LogP contribution in [0.3, 0.4) is 0 Å². The summed E-state index contributed by atoms with van der Waals surface area (Å²) in [6, 6.07) is 7.24. The highest BCUT2D eigenvalue weighted by Crippen LogP contribution is 2.45. The Morgan fingerprint density at radius 3 is 2.23 bits per heavy atom. The van der Waals surface area contributed by atoms with Crippen LogP contribution in [-0.4, -0.2) is 17.7 Å². The SMILES string of the molecule is COc1ccc(C(Cl)(Cl)CC(Cl)C(C)(C)CCC(=O)Cl)cc1. The molecule has 0 saturated carbocycles. The molecule has 1 aromatic carbocycles. The molecule has 2 nitrogen and oxygen atoms in total. The predicted octanol–water partition coefficient (Wildman–Crippen LogP) is 5.89. The molecule has 0 fully saturated rings. The van der Waals surface area contributed by atoms with E-state index < -0.39 is 4.33 Å². The van der Waals surface area contributed by atoms with E-state index in [1.165, 1.54) is 0 Å². The molecule has 0 heterocycles. The summed E-state index contributed by atoms with van der Waals surface area (Å²) in [5, 5.41) is -0.671. The number of carbonyl (C=O) groups excluding carboxylic acids is 1. The molecule has 0 N–H and O–H groups in total. The normalized spacial score (nSPS) is 13.8. The molecule has 6 heteroatoms. The molecule has 0 spiro atoms. The van der Waals surface area contributed by atoms with Gasteiger partial charge in [-0.2, -0.15) is 0 Å². The molecule has 0 radical (unpaired) electrons. The Kier molecular flexibility index (Phi) is 7.32. The first-order valence-corrected chi connectivity index (χ1v) is 8.50. The van der Waals surface area contributed by atoms with E-state index in [1.807, 2.05) is 26.0 Å². The summed E-state index contributed by atoms with van der Waals surface area (Å²) in [6.45, 7) is 3.95. The van der Waals surface area contributed by atoms with Crippen LogP contribution in [0.15, 0.2) is 24.3 Å². The molecule has 0 saturated heterocycles. The highest BCUT2D eigenvalue weighted by Gasteiger charge is 2.37. The van der Waals surface area contributed by atoms with Crippen molar-refractivity contribution in [1.82, 2.24) is 0 Å². The molecule has 0 aliphatic heterocycles. The quantitative estimate of drug-likeness (QED) is 0.411. The number of halogens is 4. The van der Waals surface area contributed by atoms with Crippen molar-refractivity contribution in [2.24, 2.45) is 5.41 Å². The van der Waals surface area contributed by atoms with Gasteiger partial charge in [-0.1, -0.05) is 49.2 Å². The summed E-state index contributed by atoms with van der Waals surface area (Å²) < 4.78 is 4.00. The lowest BCUT2D eigenvalue weighted by Crippen LogP contribution is -2.30. The van der Waals surface area contributed by atoms with Crippen LogP contribution in [0.5, 0.6) is 5.75 Å². The standard InChI is InChI=1S/C16H20Cl4O2/c1-15(2,9-8-14(18)21)13(17)10-16(19,20)11-4-6-12(22-3)7-5-11/h4-7,13H,8-10H2,1-3H3. The van der Waals surface area contributed by atoms with Gasteiger partial charge in [0.25, 0.3) is 0 Å². The van der Waals surface area contributed by atoms with Gasteiger partial charge in [0.2, 0.25) is 5.24 Å². The molecule has 0 aliphatic carbocycles. The zero-order chi connectivity index (χ0) is 17.0. The van der Waals surface area contributed by atoms with Crippen LogP contribution in [0, 0.1) is 5.41 Å². The fourth-order valence-corrected chi connectivity index (χ4v) is 3.18. The van der Waals surface area contributed by atoms with Gasteiger partial charge in [-0.25, -0.2) is 0 Å². The van der Waals surface area contributed by atoms with Crippen molar-refractivity contribution in [3.63, 3.8) is 0 Å². The minimum Gasteiger partial charge on any atom is -0.497 e. The molecule has 0 bridgehead atoms. The summed E-state index contributed by atoms with van der Waals surface area (Å²) in [5.41, 5.74) is 0.444. The van der Waals surface area contributed by atoms with Gasteiger partial charge in [0, 0.05) is 18.2 Å². The van der Waals surface area contributed by atoms with E-state index in [1.54, 1.807) is 19.2 Å². The topological polar surface area (TPSA) is 26.3 Å². The molecule has 1 rings (SSSR count). The number of alkyl halides is 3. The molecule has 124 valence electrons. The lowest BCUT2D eigenvalue weighted by molar-refractivity contribution is -0.112. The van der Waals surface area contributed by atoms with Gasteiger partial charge >= 0.3 is 0 Å². The molecule has 1 unspecified atom stereocenters. The molecular formula is C16H20Cl4O2. The van der Waals surface area contributed by atoms with Crippen molar-refractivity contribution in [3.8, 4) is 5.75 Å². The van der Waals surface area contributed by atoms with E-state index in [2.05, 4.69) is 0 Å². The van der Waals surface area contributed by atoms with E-state index in [9.17, 15) is 4.79 Å². The van der Waals surface area contributed by atoms with E-state index >= 15 is 0 Å². The summed E-state index contributed by atoms with van der Waals surface area (Å²) in [4.78, 5) is 10.9. The maximum absolute atomic E-state index is 10.9. The van der Waals surface area contributed by atoms with E-state index in [0.29, 0.717) is 12.8 Å². The largest absolute Gasteiger partial charge is 0.497 e. The minimum absolute atomic E-state index is 0.276. The van der Waals surface area contributed by atoms with Crippen LogP contribution in [0.1, 0.15) is 38.7 Å². The van der Waals surface area contributed by atoms with Crippen LogP contribution in [0.2, 0.25) is 0 Å². The number of rotatable bonds is 8. The third kappa shape index (κ3) is 5.81. The fourth-order valence-electron chi connectivity index (χ4n) is 2.03. The van der Waals surface area contributed by atoms with E-state index in [4.69, 9.17) is 51.1 Å². The Morgan fingerprint density at radius 1 is 1.23 bits per heavy atom. The van der Waals surface area contributed by atoms with Crippen molar-refractivity contribution >= 4 is 51.6 Å². The van der Waals surface area contributed by atoms with Crippen molar-refractivity contribution in [3.05, 3.63) is 29.8 Å². The molecule has 0 amide bonds. The zero-order valence-electron chi connectivity index (χ0n) is 12.8. The van der Waals surface area contributed by atoms with E-state index in [-0.39, 0.29) is 22.5 Å². The Hall–Kier alpha value is -0.150. The maximum Gasteiger partial charge on any atom is 0.221 e. The van der Waals surface area contributed by atoms with Gasteiger partial charge in [0.15, 0.2) is 0 Å². The van der Waals surface area contributed by atoms with Crippen molar-refractivity contribution in [1.29, 1.82) is 0 Å². The Labute approximate surface area is 152 Å². The molecule has 0 aliphatic rings. The third-order valence-corrected chi connectivity index (χ3v) is 5.44. The van der Waals surface area contributed by atoms with Gasteiger partial charge in [-0.15, -0.1) is 11.6 Å². The van der Waals surface area contributed by atoms with E-state index in [0.717, 1.165) is 11.3 Å². The molecule has 1 atom stereocenters. The number of benzene rings is 1. The smallest absolute Gasteiger partial charge is 0.221 e. The first kappa shape index (κ1) is 19.9. The number of methoxy groups -OCH3 is 1. The monoisotopic (exact) mass is 384 g/mol. The van der Waals surface area contributed by atoms with Gasteiger partial charge < -0.3 is 4.74 Å². The molecule has 0 aromatic heterocycles. The Bertz CT molecular complexity index is 497. The van der Waals surface area contributed by atoms with Crippen LogP contribution < -0.4 is 4.74 Å². The summed E-state index contributed by atoms with van der Waals surface area (Å²) in [5.74, 6) is 0.733. The second-order valence-electron chi connectivity index (χ2n) is 5.95. The third-order valence-electron chi connectivity index (χ3n) is 3.76. The Balaban J connectivity index is 2.78. The van der Waals surface area contributed by atoms with Crippen molar-refractivity contribution < 1.29 is 9.53 Å². The second-order valence-corrected chi connectivity index (χ2v) is 8.38. The number of ether oxygens (including phenoxy) is 1. The van der Waals surface area contributed by atoms with Crippen LogP contribution in [0.4, 0.5) is 0 Å². The first-order valence-electron chi connectivity index (χ1n) is 6.93. The average molecular weight is 386 g/mol. The molecular weight excluding hydrogens is 366 g/mol. The number of hydrogen-bond acceptors (Lipinski definition) is 2. The van der Waals surface area contributed by atoms with Gasteiger partial charge in [-0.3, -0.25) is 4.79 Å². The minimum atomic E-state index is -1.11. The molecule has 1 aromatic rings. The average Bonchev–Trinajstić information content (AvgIpc) is 2.45. The van der Waals surface area contributed by atoms with Crippen LogP contribution >= 0.6 is 46.4 Å². The lowest BCUT2D eigenvalue weighted by Gasteiger charge is -2.33. The van der Waals surface area contributed by atoms with Gasteiger partial charge in [0.1, 0.15) is 10.1 Å². The Morgan fingerprint density at radius 2 is 1.77 bits per heavy atom. The van der Waals surface area contributed by atoms with Crippen molar-refractivity contribution in [2.45, 2.75) is 42.8 Å². The predicted molar refractivity (Wildman–Crippen MR) is 94.5 cm³/mol. The molecule has 22 heavy (non-hydrogen) atoms. The summed E-state index contributed by atoms with van der Waals surface area (Å²) in [6.07, 6.45) is 1.21. The highest BCUT2D eigenvalue weighted by molar-refractivity contribution is 6.63. The fraction of sp³-hybridized carbons (Fsp3) is 0.562. The van der Waals surface area contributed by atoms with Crippen molar-refractivity contribution in [2.75, 3.05) is 7.11 Å². The summed E-state index contributed by atoms with van der Waals surface area (Å²) >= 11 is 24.8. The first-order chi connectivity index (χ1) is 10.1. The second kappa shape index (κ2) is 8.10. The van der Waals surface area contributed by atoms with Gasteiger partial charge in [-0.05, 0) is 41.1 Å². The van der Waals surface area contributed by atoms with Crippen LogP contribution in [0.25, 0.3) is 0 Å². The summed E-state index contributed by atoms with van der Waals surface area (Å²) in [7, 11) is 1.60. The number of carbonyl (C=O) groups is 1. The van der Waals surface area contributed by atoms with Gasteiger partial charge in [0.05, 0.1) is 7.11 Å². The van der Waals surface area contributed by atoms with Crippen LogP contribution in [-0.2, 0) is 9.13 Å². The lowest BCUT2D eigenvalue weighted by atomic mass is 9.81. The highest BCUT2D eigenvalue weighted by atomic mass is 35.5.